The van der Waals surface area contributed by atoms with E-state index in [1.807, 2.05) is 19.5 Å². The van der Waals surface area contributed by atoms with Crippen LogP contribution in [0.3, 0.4) is 0 Å². The minimum absolute atomic E-state index is 0.306. The number of rotatable bonds is 0. The molecule has 2 aliphatic rings. The highest BCUT2D eigenvalue weighted by atomic mass is 15.4. The van der Waals surface area contributed by atoms with Gasteiger partial charge in [-0.05, 0) is 6.92 Å². The van der Waals surface area contributed by atoms with E-state index < -0.39 is 0 Å². The first-order chi connectivity index (χ1) is 5.29. The normalized spacial score (nSPS) is 27.5. The van der Waals surface area contributed by atoms with E-state index in [-0.39, 0.29) is 0 Å². The molecule has 0 fully saturated rings. The molecule has 0 N–H and O–H groups in total. The molecule has 2 rings (SSSR count). The Morgan fingerprint density at radius 2 is 2.27 bits per heavy atom. The van der Waals surface area contributed by atoms with Crippen molar-refractivity contribution in [2.24, 2.45) is 4.99 Å². The van der Waals surface area contributed by atoms with Crippen molar-refractivity contribution in [3.8, 4) is 0 Å². The zero-order chi connectivity index (χ0) is 7.84. The Morgan fingerprint density at radius 1 is 1.45 bits per heavy atom. The van der Waals surface area contributed by atoms with Gasteiger partial charge in [-0.1, -0.05) is 0 Å². The molecule has 0 saturated carbocycles. The molecule has 58 valence electrons. The summed E-state index contributed by atoms with van der Waals surface area (Å²) < 4.78 is 0. The molecule has 2 aliphatic heterocycles. The van der Waals surface area contributed by atoms with Gasteiger partial charge in [0.2, 0.25) is 0 Å². The largest absolute Gasteiger partial charge is 0.354 e. The van der Waals surface area contributed by atoms with Crippen molar-refractivity contribution in [1.29, 1.82) is 0 Å². The molecule has 11 heavy (non-hydrogen) atoms. The average molecular weight is 149 g/mol. The van der Waals surface area contributed by atoms with Crippen molar-refractivity contribution in [3.63, 3.8) is 0 Å². The summed E-state index contributed by atoms with van der Waals surface area (Å²) in [5.74, 6) is 0. The van der Waals surface area contributed by atoms with Crippen molar-refractivity contribution in [2.45, 2.75) is 13.1 Å². The summed E-state index contributed by atoms with van der Waals surface area (Å²) in [6.45, 7) is 2.06. The number of nitrogens with zero attached hydrogens (tertiary/aromatic N) is 3. The molecule has 0 amide bonds. The summed E-state index contributed by atoms with van der Waals surface area (Å²) in [6.07, 6.45) is 8.24. The Labute approximate surface area is 66.3 Å². The van der Waals surface area contributed by atoms with Gasteiger partial charge in [-0.3, -0.25) is 4.99 Å². The fourth-order valence-electron chi connectivity index (χ4n) is 1.35. The average Bonchev–Trinajstić information content (AvgIpc) is 2.35. The number of aliphatic imine (C=N–C) groups is 1. The van der Waals surface area contributed by atoms with Crippen LogP contribution in [0.1, 0.15) is 6.92 Å². The van der Waals surface area contributed by atoms with Crippen LogP contribution in [0.2, 0.25) is 0 Å². The number of fused-ring (bicyclic) bond motifs is 1. The molecule has 1 atom stereocenters. The van der Waals surface area contributed by atoms with Gasteiger partial charge in [0.05, 0.1) is 0 Å². The molecule has 0 aromatic heterocycles. The highest BCUT2D eigenvalue weighted by molar-refractivity contribution is 5.67. The quantitative estimate of drug-likeness (QED) is 0.511. The molecule has 0 radical (unpaired) electrons. The second-order valence-electron chi connectivity index (χ2n) is 2.85. The van der Waals surface area contributed by atoms with Crippen molar-refractivity contribution < 1.29 is 0 Å². The first-order valence-corrected chi connectivity index (χ1v) is 3.68. The van der Waals surface area contributed by atoms with Crippen LogP contribution < -0.4 is 0 Å². The third-order valence-electron chi connectivity index (χ3n) is 2.05. The van der Waals surface area contributed by atoms with Gasteiger partial charge in [-0.2, -0.15) is 0 Å². The Bertz CT molecular complexity index is 252. The van der Waals surface area contributed by atoms with Gasteiger partial charge >= 0.3 is 0 Å². The maximum atomic E-state index is 4.14. The van der Waals surface area contributed by atoms with Crippen LogP contribution in [0, 0.1) is 0 Å². The maximum Gasteiger partial charge on any atom is 0.141 e. The fourth-order valence-corrected chi connectivity index (χ4v) is 1.35. The van der Waals surface area contributed by atoms with Gasteiger partial charge < -0.3 is 9.80 Å². The maximum absolute atomic E-state index is 4.14. The fraction of sp³-hybridized carbons (Fsp3) is 0.375. The predicted octanol–water partition coefficient (Wildman–Crippen LogP) is 0.977. The number of hydrogen-bond acceptors (Lipinski definition) is 3. The van der Waals surface area contributed by atoms with E-state index in [4.69, 9.17) is 0 Å². The van der Waals surface area contributed by atoms with E-state index in [0.717, 1.165) is 0 Å². The van der Waals surface area contributed by atoms with Gasteiger partial charge in [0, 0.05) is 37.6 Å². The molecule has 1 unspecified atom stereocenters. The Hall–Kier alpha value is -1.25. The lowest BCUT2D eigenvalue weighted by atomic mass is 10.3. The summed E-state index contributed by atoms with van der Waals surface area (Å²) in [6, 6.07) is 0. The van der Waals surface area contributed by atoms with Gasteiger partial charge in [-0.15, -0.1) is 0 Å². The van der Waals surface area contributed by atoms with E-state index >= 15 is 0 Å². The summed E-state index contributed by atoms with van der Waals surface area (Å²) in [5, 5.41) is 0. The van der Waals surface area contributed by atoms with Crippen molar-refractivity contribution in [1.82, 2.24) is 9.80 Å². The van der Waals surface area contributed by atoms with Crippen LogP contribution in [0.5, 0.6) is 0 Å². The molecule has 0 saturated heterocycles. The summed E-state index contributed by atoms with van der Waals surface area (Å²) >= 11 is 0. The van der Waals surface area contributed by atoms with E-state index in [1.54, 1.807) is 0 Å². The second kappa shape index (κ2) is 2.12. The Kier molecular flexibility index (Phi) is 1.24. The third kappa shape index (κ3) is 0.843. The summed E-state index contributed by atoms with van der Waals surface area (Å²) in [5.41, 5.74) is 1.19. The molecule has 0 bridgehead atoms. The van der Waals surface area contributed by atoms with Crippen molar-refractivity contribution >= 4 is 6.21 Å². The Balaban J connectivity index is 2.30. The lowest BCUT2D eigenvalue weighted by Crippen LogP contribution is -2.38. The van der Waals surface area contributed by atoms with Crippen LogP contribution in [0.15, 0.2) is 29.3 Å². The van der Waals surface area contributed by atoms with Crippen LogP contribution in [-0.4, -0.2) is 29.2 Å². The van der Waals surface area contributed by atoms with Crippen LogP contribution in [0.25, 0.3) is 0 Å². The highest BCUT2D eigenvalue weighted by Gasteiger charge is 2.24. The van der Waals surface area contributed by atoms with E-state index in [9.17, 15) is 0 Å². The molecule has 0 aromatic carbocycles. The predicted molar refractivity (Wildman–Crippen MR) is 44.8 cm³/mol. The molecule has 0 aliphatic carbocycles. The van der Waals surface area contributed by atoms with E-state index in [0.29, 0.717) is 6.17 Å². The van der Waals surface area contributed by atoms with Crippen LogP contribution in [-0.2, 0) is 0 Å². The smallest absolute Gasteiger partial charge is 0.141 e. The van der Waals surface area contributed by atoms with Gasteiger partial charge in [-0.25, -0.2) is 0 Å². The summed E-state index contributed by atoms with van der Waals surface area (Å²) in [7, 11) is 2.05. The van der Waals surface area contributed by atoms with Gasteiger partial charge in [0.1, 0.15) is 6.17 Å². The zero-order valence-corrected chi connectivity index (χ0v) is 6.73. The molecular weight excluding hydrogens is 138 g/mol. The molecule has 0 aromatic rings. The van der Waals surface area contributed by atoms with Crippen LogP contribution in [0.4, 0.5) is 0 Å². The van der Waals surface area contributed by atoms with Crippen LogP contribution >= 0.6 is 0 Å². The van der Waals surface area contributed by atoms with Crippen molar-refractivity contribution in [3.05, 3.63) is 24.3 Å². The monoisotopic (exact) mass is 149 g/mol. The van der Waals surface area contributed by atoms with E-state index in [1.165, 1.54) is 5.70 Å². The minimum atomic E-state index is 0.306. The standard InChI is InChI=1S/C8H11N3/c1-7-5-9-6-8-10(2)3-4-11(7)8/h3-6,8H,1-2H3. The molecular formula is C8H11N3. The first-order valence-electron chi connectivity index (χ1n) is 3.68. The van der Waals surface area contributed by atoms with Gasteiger partial charge in [0.25, 0.3) is 0 Å². The number of hydrogen-bond donors (Lipinski definition) is 0. The second-order valence-corrected chi connectivity index (χ2v) is 2.85. The number of allylic oxidation sites excluding steroid dienone is 1. The highest BCUT2D eigenvalue weighted by Crippen LogP contribution is 2.20. The zero-order valence-electron chi connectivity index (χ0n) is 6.73. The minimum Gasteiger partial charge on any atom is -0.354 e. The molecule has 3 heteroatoms. The van der Waals surface area contributed by atoms with E-state index in [2.05, 4.69) is 34.1 Å². The Morgan fingerprint density at radius 3 is 3.00 bits per heavy atom. The molecule has 2 heterocycles. The topological polar surface area (TPSA) is 18.8 Å². The lowest BCUT2D eigenvalue weighted by molar-refractivity contribution is 0.285. The summed E-state index contributed by atoms with van der Waals surface area (Å²) in [4.78, 5) is 8.45. The molecule has 3 nitrogen and oxygen atoms in total. The SMILES string of the molecule is CC1=CN=CC2N(C)C=CN12. The first kappa shape index (κ1) is 6.46. The molecule has 0 spiro atoms. The lowest BCUT2D eigenvalue weighted by Gasteiger charge is -2.29. The van der Waals surface area contributed by atoms with Gasteiger partial charge in [0.15, 0.2) is 0 Å². The third-order valence-corrected chi connectivity index (χ3v) is 2.05. The van der Waals surface area contributed by atoms with Crippen molar-refractivity contribution in [2.75, 3.05) is 7.05 Å².